The van der Waals surface area contributed by atoms with E-state index in [9.17, 15) is 4.39 Å². The molecule has 1 heterocycles. The number of hydrogen-bond acceptors (Lipinski definition) is 2. The summed E-state index contributed by atoms with van der Waals surface area (Å²) >= 11 is 0. The smallest absolute Gasteiger partial charge is 0.126 e. The minimum atomic E-state index is -0.155. The summed E-state index contributed by atoms with van der Waals surface area (Å²) in [7, 11) is 1.93. The highest BCUT2D eigenvalue weighted by Crippen LogP contribution is 2.21. The monoisotopic (exact) mass is 275 g/mol. The molecule has 1 unspecified atom stereocenters. The lowest BCUT2D eigenvalue weighted by Gasteiger charge is -2.18. The fraction of sp³-hybridized carbons (Fsp3) is 0.438. The maximum atomic E-state index is 13.4. The van der Waals surface area contributed by atoms with E-state index in [1.165, 1.54) is 11.8 Å². The van der Waals surface area contributed by atoms with E-state index < -0.39 is 0 Å². The SMILES string of the molecule is CCn1nc(C)cc1CC(NC)c1ccc(F)c(C)c1. The molecule has 20 heavy (non-hydrogen) atoms. The van der Waals surface area contributed by atoms with Gasteiger partial charge in [-0.25, -0.2) is 4.39 Å². The number of aromatic nitrogens is 2. The summed E-state index contributed by atoms with van der Waals surface area (Å²) in [6, 6.07) is 7.58. The molecule has 2 rings (SSSR count). The van der Waals surface area contributed by atoms with Gasteiger partial charge in [0.05, 0.1) is 5.69 Å². The molecule has 0 saturated carbocycles. The summed E-state index contributed by atoms with van der Waals surface area (Å²) in [4.78, 5) is 0. The first-order valence-electron chi connectivity index (χ1n) is 7.01. The molecule has 2 aromatic rings. The topological polar surface area (TPSA) is 29.9 Å². The molecule has 0 bridgehead atoms. The fourth-order valence-corrected chi connectivity index (χ4v) is 2.52. The molecule has 0 aliphatic rings. The van der Waals surface area contributed by atoms with Gasteiger partial charge in [0.25, 0.3) is 0 Å². The largest absolute Gasteiger partial charge is 0.313 e. The Hall–Kier alpha value is -1.68. The van der Waals surface area contributed by atoms with E-state index in [2.05, 4.69) is 23.4 Å². The van der Waals surface area contributed by atoms with Gasteiger partial charge >= 0.3 is 0 Å². The highest BCUT2D eigenvalue weighted by Gasteiger charge is 2.14. The summed E-state index contributed by atoms with van der Waals surface area (Å²) in [5, 5.41) is 7.78. The first-order chi connectivity index (χ1) is 9.55. The first kappa shape index (κ1) is 14.7. The second-order valence-corrected chi connectivity index (χ2v) is 5.15. The van der Waals surface area contributed by atoms with Crippen LogP contribution in [0.4, 0.5) is 4.39 Å². The third kappa shape index (κ3) is 3.07. The Kier molecular flexibility index (Phi) is 4.55. The average molecular weight is 275 g/mol. The number of halogens is 1. The average Bonchev–Trinajstić information content (AvgIpc) is 2.79. The van der Waals surface area contributed by atoms with Crippen molar-refractivity contribution in [1.29, 1.82) is 0 Å². The maximum Gasteiger partial charge on any atom is 0.126 e. The van der Waals surface area contributed by atoms with Crippen LogP contribution in [0.25, 0.3) is 0 Å². The van der Waals surface area contributed by atoms with Crippen LogP contribution < -0.4 is 5.32 Å². The molecule has 4 heteroatoms. The Balaban J connectivity index is 2.26. The van der Waals surface area contributed by atoms with E-state index in [4.69, 9.17) is 0 Å². The highest BCUT2D eigenvalue weighted by atomic mass is 19.1. The quantitative estimate of drug-likeness (QED) is 0.908. The van der Waals surface area contributed by atoms with E-state index in [1.54, 1.807) is 6.92 Å². The highest BCUT2D eigenvalue weighted by molar-refractivity contribution is 5.28. The lowest BCUT2D eigenvalue weighted by molar-refractivity contribution is 0.539. The number of aryl methyl sites for hydroxylation is 3. The molecule has 1 aromatic carbocycles. The van der Waals surface area contributed by atoms with Gasteiger partial charge in [-0.3, -0.25) is 4.68 Å². The van der Waals surface area contributed by atoms with Crippen molar-refractivity contribution in [2.45, 2.75) is 39.8 Å². The molecule has 0 radical (unpaired) electrons. The third-order valence-corrected chi connectivity index (χ3v) is 3.63. The number of benzene rings is 1. The molecule has 0 fully saturated rings. The van der Waals surface area contributed by atoms with Gasteiger partial charge in [-0.15, -0.1) is 0 Å². The zero-order valence-electron chi connectivity index (χ0n) is 12.6. The van der Waals surface area contributed by atoms with Crippen molar-refractivity contribution < 1.29 is 4.39 Å². The van der Waals surface area contributed by atoms with Gasteiger partial charge in [0.1, 0.15) is 5.82 Å². The second-order valence-electron chi connectivity index (χ2n) is 5.15. The molecule has 1 N–H and O–H groups in total. The van der Waals surface area contributed by atoms with Crippen LogP contribution in [0.2, 0.25) is 0 Å². The van der Waals surface area contributed by atoms with Crippen molar-refractivity contribution in [1.82, 2.24) is 15.1 Å². The number of likely N-dealkylation sites (N-methyl/N-ethyl adjacent to an activating group) is 1. The second kappa shape index (κ2) is 6.18. The maximum absolute atomic E-state index is 13.4. The molecular weight excluding hydrogens is 253 g/mol. The molecule has 0 spiro atoms. The number of hydrogen-bond donors (Lipinski definition) is 1. The van der Waals surface area contributed by atoms with E-state index in [0.29, 0.717) is 5.56 Å². The Morgan fingerprint density at radius 3 is 2.65 bits per heavy atom. The van der Waals surface area contributed by atoms with Crippen LogP contribution in [0.5, 0.6) is 0 Å². The van der Waals surface area contributed by atoms with Crippen LogP contribution in [0.3, 0.4) is 0 Å². The third-order valence-electron chi connectivity index (χ3n) is 3.63. The van der Waals surface area contributed by atoms with E-state index in [-0.39, 0.29) is 11.9 Å². The molecule has 0 amide bonds. The Morgan fingerprint density at radius 1 is 1.30 bits per heavy atom. The van der Waals surface area contributed by atoms with Crippen molar-refractivity contribution in [3.63, 3.8) is 0 Å². The zero-order valence-corrected chi connectivity index (χ0v) is 12.6. The van der Waals surface area contributed by atoms with Gasteiger partial charge in [-0.1, -0.05) is 12.1 Å². The van der Waals surface area contributed by atoms with Crippen molar-refractivity contribution in [3.8, 4) is 0 Å². The van der Waals surface area contributed by atoms with Crippen LogP contribution in [0.15, 0.2) is 24.3 Å². The Bertz CT molecular complexity index is 589. The lowest BCUT2D eigenvalue weighted by atomic mass is 10.00. The predicted molar refractivity (Wildman–Crippen MR) is 79.3 cm³/mol. The number of rotatable bonds is 5. The van der Waals surface area contributed by atoms with Crippen molar-refractivity contribution >= 4 is 0 Å². The van der Waals surface area contributed by atoms with Gasteiger partial charge in [0.15, 0.2) is 0 Å². The molecule has 3 nitrogen and oxygen atoms in total. The molecule has 0 aliphatic heterocycles. The number of nitrogens with zero attached hydrogens (tertiary/aromatic N) is 2. The normalized spacial score (nSPS) is 12.7. The van der Waals surface area contributed by atoms with Crippen LogP contribution in [-0.2, 0) is 13.0 Å². The zero-order chi connectivity index (χ0) is 14.7. The summed E-state index contributed by atoms with van der Waals surface area (Å²) in [6.45, 7) is 6.76. The van der Waals surface area contributed by atoms with Gasteiger partial charge in [0, 0.05) is 24.7 Å². The number of nitrogens with one attached hydrogen (secondary N) is 1. The van der Waals surface area contributed by atoms with Gasteiger partial charge in [-0.05, 0) is 51.1 Å². The van der Waals surface area contributed by atoms with Gasteiger partial charge in [0.2, 0.25) is 0 Å². The Morgan fingerprint density at radius 2 is 2.05 bits per heavy atom. The standard InChI is InChI=1S/C16H22FN3/c1-5-20-14(9-12(3)19-20)10-16(18-4)13-6-7-15(17)11(2)8-13/h6-9,16,18H,5,10H2,1-4H3. The summed E-state index contributed by atoms with van der Waals surface area (Å²) in [5.41, 5.74) is 4.02. The van der Waals surface area contributed by atoms with E-state index >= 15 is 0 Å². The molecule has 0 aliphatic carbocycles. The van der Waals surface area contributed by atoms with Crippen molar-refractivity contribution in [3.05, 3.63) is 52.6 Å². The predicted octanol–water partition coefficient (Wildman–Crippen LogP) is 3.16. The molecular formula is C16H22FN3. The van der Waals surface area contributed by atoms with Crippen molar-refractivity contribution in [2.24, 2.45) is 0 Å². The van der Waals surface area contributed by atoms with Gasteiger partial charge < -0.3 is 5.32 Å². The Labute approximate surface area is 119 Å². The van der Waals surface area contributed by atoms with Crippen LogP contribution in [-0.4, -0.2) is 16.8 Å². The summed E-state index contributed by atoms with van der Waals surface area (Å²) in [6.07, 6.45) is 0.844. The molecule has 1 aromatic heterocycles. The molecule has 1 atom stereocenters. The minimum absolute atomic E-state index is 0.155. The molecule has 0 saturated heterocycles. The summed E-state index contributed by atoms with van der Waals surface area (Å²) < 4.78 is 15.4. The van der Waals surface area contributed by atoms with E-state index in [0.717, 1.165) is 24.2 Å². The van der Waals surface area contributed by atoms with Crippen molar-refractivity contribution in [2.75, 3.05) is 7.05 Å². The van der Waals surface area contributed by atoms with E-state index in [1.807, 2.05) is 30.8 Å². The molecule has 108 valence electrons. The van der Waals surface area contributed by atoms with Crippen LogP contribution in [0.1, 0.15) is 35.5 Å². The lowest BCUT2D eigenvalue weighted by Crippen LogP contribution is -2.20. The minimum Gasteiger partial charge on any atom is -0.313 e. The van der Waals surface area contributed by atoms with Crippen LogP contribution >= 0.6 is 0 Å². The summed E-state index contributed by atoms with van der Waals surface area (Å²) in [5.74, 6) is -0.155. The van der Waals surface area contributed by atoms with Crippen LogP contribution in [0, 0.1) is 19.7 Å². The first-order valence-corrected chi connectivity index (χ1v) is 7.01. The van der Waals surface area contributed by atoms with Gasteiger partial charge in [-0.2, -0.15) is 5.10 Å². The fourth-order valence-electron chi connectivity index (χ4n) is 2.52.